The molecule has 4 rings (SSSR count). The standard InChI is InChI=1S/C18H30N2O/c1-16-7-14-8-17(2,11-16)13-18(9-14,12-16)10-15(21)20-6-4-3-5-19/h3-4,14H,5-13,19H2,1-2H3,(H,20,21)/b4-3+. The van der Waals surface area contributed by atoms with Crippen LogP contribution in [0.25, 0.3) is 0 Å². The molecule has 21 heavy (non-hydrogen) atoms. The highest BCUT2D eigenvalue weighted by Crippen LogP contribution is 2.70. The Morgan fingerprint density at radius 1 is 1.14 bits per heavy atom. The number of carbonyl (C=O) groups excluding carboxylic acids is 1. The maximum Gasteiger partial charge on any atom is 0.220 e. The molecule has 3 nitrogen and oxygen atoms in total. The molecule has 0 radical (unpaired) electrons. The Balaban J connectivity index is 1.65. The molecule has 3 N–H and O–H groups in total. The molecular weight excluding hydrogens is 260 g/mol. The van der Waals surface area contributed by atoms with Gasteiger partial charge in [-0.25, -0.2) is 0 Å². The summed E-state index contributed by atoms with van der Waals surface area (Å²) in [5, 5.41) is 3.04. The highest BCUT2D eigenvalue weighted by atomic mass is 16.1. The Hall–Kier alpha value is -0.830. The summed E-state index contributed by atoms with van der Waals surface area (Å²) in [6.45, 7) is 6.08. The van der Waals surface area contributed by atoms with E-state index in [0.29, 0.717) is 23.9 Å². The lowest BCUT2D eigenvalue weighted by atomic mass is 9.40. The van der Waals surface area contributed by atoms with Crippen molar-refractivity contribution in [3.05, 3.63) is 12.2 Å². The van der Waals surface area contributed by atoms with Crippen LogP contribution in [0.1, 0.15) is 58.8 Å². The van der Waals surface area contributed by atoms with Gasteiger partial charge in [0, 0.05) is 19.5 Å². The zero-order valence-corrected chi connectivity index (χ0v) is 13.6. The lowest BCUT2D eigenvalue weighted by Gasteiger charge is -2.65. The normalized spacial score (nSPS) is 44.4. The molecule has 4 aliphatic carbocycles. The van der Waals surface area contributed by atoms with Gasteiger partial charge < -0.3 is 11.1 Å². The van der Waals surface area contributed by atoms with Crippen molar-refractivity contribution < 1.29 is 4.79 Å². The maximum absolute atomic E-state index is 12.3. The molecule has 0 aromatic carbocycles. The van der Waals surface area contributed by atoms with Gasteiger partial charge in [-0.15, -0.1) is 0 Å². The minimum absolute atomic E-state index is 0.228. The van der Waals surface area contributed by atoms with E-state index in [0.717, 1.165) is 12.3 Å². The fraction of sp³-hybridized carbons (Fsp3) is 0.833. The first kappa shape index (κ1) is 15.1. The summed E-state index contributed by atoms with van der Waals surface area (Å²) in [5.74, 6) is 1.09. The molecule has 4 fully saturated rings. The monoisotopic (exact) mass is 290 g/mol. The van der Waals surface area contributed by atoms with E-state index in [-0.39, 0.29) is 11.3 Å². The van der Waals surface area contributed by atoms with Crippen molar-refractivity contribution in [1.82, 2.24) is 5.32 Å². The van der Waals surface area contributed by atoms with Gasteiger partial charge in [-0.1, -0.05) is 26.0 Å². The molecule has 0 aliphatic heterocycles. The Labute approximate surface area is 128 Å². The Morgan fingerprint density at radius 2 is 1.81 bits per heavy atom. The predicted octanol–water partition coefficient (Wildman–Crippen LogP) is 3.00. The number of nitrogens with two attached hydrogens (primary N) is 1. The maximum atomic E-state index is 12.3. The Morgan fingerprint density at radius 3 is 2.38 bits per heavy atom. The van der Waals surface area contributed by atoms with Crippen LogP contribution in [0.2, 0.25) is 0 Å². The van der Waals surface area contributed by atoms with Gasteiger partial charge in [-0.2, -0.15) is 0 Å². The van der Waals surface area contributed by atoms with Gasteiger partial charge in [0.25, 0.3) is 0 Å². The first-order valence-electron chi connectivity index (χ1n) is 8.48. The van der Waals surface area contributed by atoms with Gasteiger partial charge in [0.05, 0.1) is 0 Å². The van der Waals surface area contributed by atoms with Crippen LogP contribution in [0, 0.1) is 22.2 Å². The van der Waals surface area contributed by atoms with E-state index < -0.39 is 0 Å². The highest BCUT2D eigenvalue weighted by molar-refractivity contribution is 5.77. The molecule has 118 valence electrons. The number of carbonyl (C=O) groups is 1. The summed E-state index contributed by atoms with van der Waals surface area (Å²) in [5.41, 5.74) is 6.68. The average molecular weight is 290 g/mol. The fourth-order valence-electron chi connectivity index (χ4n) is 6.64. The Bertz CT molecular complexity index is 438. The van der Waals surface area contributed by atoms with Gasteiger partial charge in [0.2, 0.25) is 5.91 Å². The summed E-state index contributed by atoms with van der Waals surface area (Å²) in [7, 11) is 0. The minimum atomic E-state index is 0.228. The van der Waals surface area contributed by atoms with E-state index >= 15 is 0 Å². The molecule has 0 saturated heterocycles. The molecule has 0 heterocycles. The first-order valence-corrected chi connectivity index (χ1v) is 8.48. The largest absolute Gasteiger partial charge is 0.353 e. The predicted molar refractivity (Wildman–Crippen MR) is 85.7 cm³/mol. The van der Waals surface area contributed by atoms with Gasteiger partial charge >= 0.3 is 0 Å². The van der Waals surface area contributed by atoms with E-state index in [4.69, 9.17) is 5.73 Å². The van der Waals surface area contributed by atoms with Crippen LogP contribution in [0.4, 0.5) is 0 Å². The summed E-state index contributed by atoms with van der Waals surface area (Å²) >= 11 is 0. The second kappa shape index (κ2) is 5.12. The first-order chi connectivity index (χ1) is 9.86. The molecule has 0 aromatic rings. The van der Waals surface area contributed by atoms with E-state index in [2.05, 4.69) is 19.2 Å². The molecule has 4 bridgehead atoms. The zero-order valence-electron chi connectivity index (χ0n) is 13.6. The summed E-state index contributed by atoms with van der Waals surface area (Å²) in [6.07, 6.45) is 12.5. The van der Waals surface area contributed by atoms with Crippen molar-refractivity contribution in [2.24, 2.45) is 27.9 Å². The van der Waals surface area contributed by atoms with Crippen LogP contribution < -0.4 is 11.1 Å². The molecule has 2 unspecified atom stereocenters. The van der Waals surface area contributed by atoms with Crippen molar-refractivity contribution in [2.75, 3.05) is 13.1 Å². The third-order valence-electron chi connectivity index (χ3n) is 6.00. The molecule has 0 aromatic heterocycles. The summed E-state index contributed by atoms with van der Waals surface area (Å²) in [6, 6.07) is 0. The molecule has 3 heteroatoms. The second-order valence-corrected chi connectivity index (χ2v) is 8.82. The fourth-order valence-corrected chi connectivity index (χ4v) is 6.64. The average Bonchev–Trinajstić information content (AvgIpc) is 2.29. The van der Waals surface area contributed by atoms with Crippen molar-refractivity contribution in [3.63, 3.8) is 0 Å². The van der Waals surface area contributed by atoms with Crippen molar-refractivity contribution in [2.45, 2.75) is 58.8 Å². The van der Waals surface area contributed by atoms with Gasteiger partial charge in [0.15, 0.2) is 0 Å². The molecule has 4 aliphatic rings. The van der Waals surface area contributed by atoms with Crippen LogP contribution in [0.15, 0.2) is 12.2 Å². The number of nitrogens with one attached hydrogen (secondary N) is 1. The van der Waals surface area contributed by atoms with Gasteiger partial charge in [-0.05, 0) is 60.7 Å². The van der Waals surface area contributed by atoms with Crippen LogP contribution in [-0.2, 0) is 4.79 Å². The smallest absolute Gasteiger partial charge is 0.220 e. The van der Waals surface area contributed by atoms with Gasteiger partial charge in [-0.3, -0.25) is 4.79 Å². The summed E-state index contributed by atoms with van der Waals surface area (Å²) < 4.78 is 0. The quantitative estimate of drug-likeness (QED) is 0.765. The number of hydrogen-bond donors (Lipinski definition) is 2. The van der Waals surface area contributed by atoms with Crippen molar-refractivity contribution >= 4 is 5.91 Å². The molecular formula is C18H30N2O. The third-order valence-corrected chi connectivity index (χ3v) is 6.00. The Kier molecular flexibility index (Phi) is 3.67. The van der Waals surface area contributed by atoms with E-state index in [1.807, 2.05) is 12.2 Å². The number of hydrogen-bond acceptors (Lipinski definition) is 2. The molecule has 4 saturated carbocycles. The van der Waals surface area contributed by atoms with Crippen LogP contribution >= 0.6 is 0 Å². The molecule has 0 spiro atoms. The molecule has 1 amide bonds. The van der Waals surface area contributed by atoms with Crippen LogP contribution in [-0.4, -0.2) is 19.0 Å². The number of amides is 1. The SMILES string of the molecule is CC12CC3CC(C)(C1)CC(CC(=O)NC/C=C/CN)(C3)C2. The molecule has 2 atom stereocenters. The van der Waals surface area contributed by atoms with E-state index in [1.54, 1.807) is 0 Å². The topological polar surface area (TPSA) is 55.1 Å². The lowest BCUT2D eigenvalue weighted by Crippen LogP contribution is -2.56. The second-order valence-electron chi connectivity index (χ2n) is 8.82. The van der Waals surface area contributed by atoms with E-state index in [9.17, 15) is 4.79 Å². The van der Waals surface area contributed by atoms with Crippen molar-refractivity contribution in [1.29, 1.82) is 0 Å². The van der Waals surface area contributed by atoms with Gasteiger partial charge in [0.1, 0.15) is 0 Å². The minimum Gasteiger partial charge on any atom is -0.353 e. The number of rotatable bonds is 5. The van der Waals surface area contributed by atoms with Crippen LogP contribution in [0.5, 0.6) is 0 Å². The van der Waals surface area contributed by atoms with E-state index in [1.165, 1.54) is 38.5 Å². The summed E-state index contributed by atoms with van der Waals surface area (Å²) in [4.78, 5) is 12.3. The zero-order chi connectivity index (χ0) is 15.1. The van der Waals surface area contributed by atoms with Crippen LogP contribution in [0.3, 0.4) is 0 Å². The van der Waals surface area contributed by atoms with Crippen molar-refractivity contribution in [3.8, 4) is 0 Å². The lowest BCUT2D eigenvalue weighted by molar-refractivity contribution is -0.155. The highest BCUT2D eigenvalue weighted by Gasteiger charge is 2.60. The third kappa shape index (κ3) is 3.03.